The Kier molecular flexibility index (Phi) is 3.36. The Morgan fingerprint density at radius 3 is 2.65 bits per heavy atom. The van der Waals surface area contributed by atoms with Gasteiger partial charge in [0, 0.05) is 23.8 Å². The molecule has 0 fully saturated rings. The molecule has 0 aromatic heterocycles. The first-order valence-corrected chi connectivity index (χ1v) is 6.87. The molecular formula is C16H14ClNO2. The summed E-state index contributed by atoms with van der Waals surface area (Å²) >= 11 is 5.89. The summed E-state index contributed by atoms with van der Waals surface area (Å²) in [7, 11) is 0. The lowest BCUT2D eigenvalue weighted by molar-refractivity contribution is 0.0697. The molecule has 1 heterocycles. The van der Waals surface area contributed by atoms with E-state index < -0.39 is 5.97 Å². The second kappa shape index (κ2) is 5.17. The van der Waals surface area contributed by atoms with Gasteiger partial charge < -0.3 is 10.0 Å². The molecule has 1 aliphatic rings. The number of benzene rings is 2. The van der Waals surface area contributed by atoms with Crippen molar-refractivity contribution in [1.82, 2.24) is 0 Å². The van der Waals surface area contributed by atoms with Crippen molar-refractivity contribution in [2.24, 2.45) is 0 Å². The molecule has 0 radical (unpaired) electrons. The predicted octanol–water partition coefficient (Wildman–Crippen LogP) is 3.60. The normalized spacial score (nSPS) is 13.3. The molecule has 0 saturated heterocycles. The highest BCUT2D eigenvalue weighted by Crippen LogP contribution is 2.30. The number of hydrogen-bond donors (Lipinski definition) is 1. The summed E-state index contributed by atoms with van der Waals surface area (Å²) in [4.78, 5) is 13.3. The third-order valence-electron chi connectivity index (χ3n) is 3.61. The smallest absolute Gasteiger partial charge is 0.335 e. The molecule has 1 N–H and O–H groups in total. The Labute approximate surface area is 122 Å². The van der Waals surface area contributed by atoms with Gasteiger partial charge in [-0.1, -0.05) is 29.8 Å². The van der Waals surface area contributed by atoms with E-state index >= 15 is 0 Å². The SMILES string of the molecule is O=C(O)c1ccc2c(c1)N(Cc1ccc(Cl)cc1)CC2. The molecule has 102 valence electrons. The molecule has 1 aliphatic heterocycles. The zero-order valence-corrected chi connectivity index (χ0v) is 11.6. The molecule has 0 bridgehead atoms. The molecular weight excluding hydrogens is 274 g/mol. The Hall–Kier alpha value is -2.00. The van der Waals surface area contributed by atoms with E-state index in [1.807, 2.05) is 30.3 Å². The number of carbonyl (C=O) groups is 1. The number of hydrogen-bond acceptors (Lipinski definition) is 2. The fourth-order valence-electron chi connectivity index (χ4n) is 2.55. The van der Waals surface area contributed by atoms with Crippen LogP contribution >= 0.6 is 11.6 Å². The summed E-state index contributed by atoms with van der Waals surface area (Å²) in [5.74, 6) is -0.883. The first-order chi connectivity index (χ1) is 9.63. The molecule has 4 heteroatoms. The lowest BCUT2D eigenvalue weighted by atomic mass is 10.1. The Morgan fingerprint density at radius 2 is 1.95 bits per heavy atom. The highest BCUT2D eigenvalue weighted by atomic mass is 35.5. The van der Waals surface area contributed by atoms with Crippen molar-refractivity contribution >= 4 is 23.3 Å². The number of rotatable bonds is 3. The maximum Gasteiger partial charge on any atom is 0.335 e. The van der Waals surface area contributed by atoms with Crippen LogP contribution in [-0.2, 0) is 13.0 Å². The molecule has 3 nitrogen and oxygen atoms in total. The van der Waals surface area contributed by atoms with E-state index in [4.69, 9.17) is 16.7 Å². The van der Waals surface area contributed by atoms with Crippen molar-refractivity contribution in [2.45, 2.75) is 13.0 Å². The van der Waals surface area contributed by atoms with Crippen LogP contribution in [0.4, 0.5) is 5.69 Å². The van der Waals surface area contributed by atoms with Crippen LogP contribution < -0.4 is 4.90 Å². The maximum atomic E-state index is 11.1. The van der Waals surface area contributed by atoms with Gasteiger partial charge in [-0.2, -0.15) is 0 Å². The Morgan fingerprint density at radius 1 is 1.20 bits per heavy atom. The average molecular weight is 288 g/mol. The second-order valence-electron chi connectivity index (χ2n) is 4.95. The molecule has 0 aliphatic carbocycles. The van der Waals surface area contributed by atoms with Gasteiger partial charge in [0.05, 0.1) is 5.56 Å². The lowest BCUT2D eigenvalue weighted by Gasteiger charge is -2.19. The van der Waals surface area contributed by atoms with Gasteiger partial charge in [-0.05, 0) is 41.8 Å². The van der Waals surface area contributed by atoms with Crippen molar-refractivity contribution in [3.8, 4) is 0 Å². The quantitative estimate of drug-likeness (QED) is 0.938. The van der Waals surface area contributed by atoms with Crippen LogP contribution in [0.15, 0.2) is 42.5 Å². The summed E-state index contributed by atoms with van der Waals surface area (Å²) in [5, 5.41) is 9.82. The van der Waals surface area contributed by atoms with Crippen LogP contribution in [-0.4, -0.2) is 17.6 Å². The maximum absolute atomic E-state index is 11.1. The summed E-state index contributed by atoms with van der Waals surface area (Å²) in [5.41, 5.74) is 3.75. The highest BCUT2D eigenvalue weighted by molar-refractivity contribution is 6.30. The van der Waals surface area contributed by atoms with Gasteiger partial charge in [0.2, 0.25) is 0 Å². The molecule has 2 aromatic carbocycles. The molecule has 0 unspecified atom stereocenters. The number of nitrogens with zero attached hydrogens (tertiary/aromatic N) is 1. The van der Waals surface area contributed by atoms with Crippen LogP contribution in [0.3, 0.4) is 0 Å². The topological polar surface area (TPSA) is 40.5 Å². The summed E-state index contributed by atoms with van der Waals surface area (Å²) in [6.45, 7) is 1.69. The number of halogens is 1. The molecule has 0 saturated carbocycles. The van der Waals surface area contributed by atoms with E-state index in [-0.39, 0.29) is 0 Å². The van der Waals surface area contributed by atoms with E-state index in [9.17, 15) is 4.79 Å². The van der Waals surface area contributed by atoms with Gasteiger partial charge >= 0.3 is 5.97 Å². The summed E-state index contributed by atoms with van der Waals surface area (Å²) in [6, 6.07) is 13.1. The van der Waals surface area contributed by atoms with Gasteiger partial charge in [0.25, 0.3) is 0 Å². The minimum Gasteiger partial charge on any atom is -0.478 e. The average Bonchev–Trinajstić information content (AvgIpc) is 2.84. The number of fused-ring (bicyclic) bond motifs is 1. The monoisotopic (exact) mass is 287 g/mol. The van der Waals surface area contributed by atoms with Crippen LogP contribution in [0.1, 0.15) is 21.5 Å². The Bertz CT molecular complexity index is 652. The van der Waals surface area contributed by atoms with E-state index in [1.54, 1.807) is 12.1 Å². The first-order valence-electron chi connectivity index (χ1n) is 6.49. The first kappa shape index (κ1) is 13.0. The zero-order chi connectivity index (χ0) is 14.1. The molecule has 3 rings (SSSR count). The van der Waals surface area contributed by atoms with E-state index in [2.05, 4.69) is 4.90 Å². The van der Waals surface area contributed by atoms with Crippen molar-refractivity contribution < 1.29 is 9.90 Å². The zero-order valence-electron chi connectivity index (χ0n) is 10.8. The van der Waals surface area contributed by atoms with Gasteiger partial charge in [-0.25, -0.2) is 4.79 Å². The van der Waals surface area contributed by atoms with Crippen LogP contribution in [0.25, 0.3) is 0 Å². The van der Waals surface area contributed by atoms with Gasteiger partial charge in [-0.3, -0.25) is 0 Å². The minimum atomic E-state index is -0.883. The summed E-state index contributed by atoms with van der Waals surface area (Å²) < 4.78 is 0. The predicted molar refractivity (Wildman–Crippen MR) is 79.6 cm³/mol. The van der Waals surface area contributed by atoms with E-state index in [0.29, 0.717) is 5.56 Å². The molecule has 2 aromatic rings. The van der Waals surface area contributed by atoms with E-state index in [0.717, 1.165) is 30.2 Å². The third kappa shape index (κ3) is 2.49. The van der Waals surface area contributed by atoms with Crippen molar-refractivity contribution in [3.05, 3.63) is 64.2 Å². The van der Waals surface area contributed by atoms with Crippen LogP contribution in [0.5, 0.6) is 0 Å². The van der Waals surface area contributed by atoms with Crippen molar-refractivity contribution in [1.29, 1.82) is 0 Å². The van der Waals surface area contributed by atoms with Gasteiger partial charge in [0.15, 0.2) is 0 Å². The number of carboxylic acids is 1. The molecule has 0 atom stereocenters. The van der Waals surface area contributed by atoms with Crippen molar-refractivity contribution in [3.63, 3.8) is 0 Å². The van der Waals surface area contributed by atoms with Gasteiger partial charge in [0.1, 0.15) is 0 Å². The largest absolute Gasteiger partial charge is 0.478 e. The fraction of sp³-hybridized carbons (Fsp3) is 0.188. The van der Waals surface area contributed by atoms with Crippen molar-refractivity contribution in [2.75, 3.05) is 11.4 Å². The number of aromatic carboxylic acids is 1. The summed E-state index contributed by atoms with van der Waals surface area (Å²) in [6.07, 6.45) is 0.961. The minimum absolute atomic E-state index is 0.340. The Balaban J connectivity index is 1.86. The molecule has 0 spiro atoms. The van der Waals surface area contributed by atoms with Crippen LogP contribution in [0, 0.1) is 0 Å². The second-order valence-corrected chi connectivity index (χ2v) is 5.38. The van der Waals surface area contributed by atoms with E-state index in [1.165, 1.54) is 11.1 Å². The molecule has 20 heavy (non-hydrogen) atoms. The third-order valence-corrected chi connectivity index (χ3v) is 3.86. The highest BCUT2D eigenvalue weighted by Gasteiger charge is 2.20. The van der Waals surface area contributed by atoms with Crippen LogP contribution in [0.2, 0.25) is 5.02 Å². The molecule has 0 amide bonds. The standard InChI is InChI=1S/C16H14ClNO2/c17-14-5-1-11(2-6-14)10-18-8-7-12-3-4-13(16(19)20)9-15(12)18/h1-6,9H,7-8,10H2,(H,19,20). The number of carboxylic acid groups (broad SMARTS) is 1. The number of anilines is 1. The van der Waals surface area contributed by atoms with Gasteiger partial charge in [-0.15, -0.1) is 0 Å². The lowest BCUT2D eigenvalue weighted by Crippen LogP contribution is -2.19. The fourth-order valence-corrected chi connectivity index (χ4v) is 2.68.